The molecule has 0 bridgehead atoms. The summed E-state index contributed by atoms with van der Waals surface area (Å²) in [5.41, 5.74) is 3.85. The summed E-state index contributed by atoms with van der Waals surface area (Å²) < 4.78 is 14.7. The average molecular weight is 592 g/mol. The van der Waals surface area contributed by atoms with Crippen LogP contribution in [0.25, 0.3) is 38.6 Å². The van der Waals surface area contributed by atoms with Gasteiger partial charge in [0, 0.05) is 48.8 Å². The molecule has 6 rings (SSSR count). The van der Waals surface area contributed by atoms with Gasteiger partial charge in [0.1, 0.15) is 5.82 Å². The number of hydrogen-bond acceptors (Lipinski definition) is 8. The number of methoxy groups -OCH3 is 2. The number of aliphatic hydroxyl groups is 2. The molecule has 0 saturated heterocycles. The lowest BCUT2D eigenvalue weighted by Crippen LogP contribution is -2.20. The Kier molecular flexibility index (Phi) is 8.27. The number of aromatic nitrogens is 4. The molecule has 0 amide bonds. The number of aliphatic hydroxyl groups excluding tert-OH is 2. The number of hydrogen-bond donors (Lipinski definition) is 3. The number of para-hydroxylation sites is 1. The number of aryl methyl sites for hydroxylation is 1. The molecule has 0 aliphatic carbocycles. The van der Waals surface area contributed by atoms with Gasteiger partial charge in [-0.25, -0.2) is 9.97 Å². The summed E-state index contributed by atoms with van der Waals surface area (Å²) in [6.45, 7) is 0.953. The van der Waals surface area contributed by atoms with Crippen molar-refractivity contribution in [2.75, 3.05) is 26.1 Å². The summed E-state index contributed by atoms with van der Waals surface area (Å²) in [6, 6.07) is 18.5. The average Bonchev–Trinajstić information content (AvgIpc) is 3.58. The van der Waals surface area contributed by atoms with Gasteiger partial charge in [-0.15, -0.1) is 0 Å². The second-order valence-electron chi connectivity index (χ2n) is 10.4. The van der Waals surface area contributed by atoms with Crippen molar-refractivity contribution < 1.29 is 19.7 Å². The van der Waals surface area contributed by atoms with Crippen molar-refractivity contribution in [1.82, 2.24) is 19.1 Å². The number of rotatable bonds is 11. The van der Waals surface area contributed by atoms with Crippen LogP contribution in [-0.2, 0) is 19.8 Å². The predicted molar refractivity (Wildman–Crippen MR) is 171 cm³/mol. The van der Waals surface area contributed by atoms with Gasteiger partial charge in [-0.05, 0) is 75.8 Å². The monoisotopic (exact) mass is 591 g/mol. The number of nitrogens with zero attached hydrogens (tertiary/aromatic N) is 4. The lowest BCUT2D eigenvalue weighted by Gasteiger charge is -2.19. The molecule has 3 aromatic carbocycles. The number of ether oxygens (including phenoxy) is 2. The summed E-state index contributed by atoms with van der Waals surface area (Å²) in [6.07, 6.45) is 7.98. The van der Waals surface area contributed by atoms with Gasteiger partial charge < -0.3 is 29.6 Å². The fraction of sp³-hybridized carbons (Fsp3) is 0.206. The molecule has 10 heteroatoms. The third-order valence-corrected chi connectivity index (χ3v) is 7.83. The Balaban J connectivity index is 1.46. The van der Waals surface area contributed by atoms with Crippen LogP contribution < -0.4 is 20.3 Å². The Morgan fingerprint density at radius 1 is 0.909 bits per heavy atom. The van der Waals surface area contributed by atoms with Gasteiger partial charge in [0.25, 0.3) is 5.56 Å². The molecule has 0 spiro atoms. The SMILES string of the molecule is COc1cc2cc(CO)c(CO)c(-c3ccnc(-n4c(=O)cc(NCCCn5ccnc5)c5ccccc54)c3)c2cc1OC. The van der Waals surface area contributed by atoms with Crippen LogP contribution in [-0.4, -0.2) is 50.1 Å². The molecule has 44 heavy (non-hydrogen) atoms. The maximum Gasteiger partial charge on any atom is 0.258 e. The minimum Gasteiger partial charge on any atom is -0.493 e. The quantitative estimate of drug-likeness (QED) is 0.182. The molecular weight excluding hydrogens is 558 g/mol. The maximum atomic E-state index is 13.7. The minimum atomic E-state index is -0.294. The predicted octanol–water partition coefficient (Wildman–Crippen LogP) is 4.91. The Bertz CT molecular complexity index is 2000. The summed E-state index contributed by atoms with van der Waals surface area (Å²) in [7, 11) is 3.14. The van der Waals surface area contributed by atoms with E-state index in [1.807, 2.05) is 65.4 Å². The first-order chi connectivity index (χ1) is 21.6. The van der Waals surface area contributed by atoms with E-state index in [0.717, 1.165) is 40.4 Å². The summed E-state index contributed by atoms with van der Waals surface area (Å²) >= 11 is 0. The van der Waals surface area contributed by atoms with Gasteiger partial charge >= 0.3 is 0 Å². The zero-order valence-corrected chi connectivity index (χ0v) is 24.5. The van der Waals surface area contributed by atoms with Gasteiger partial charge in [-0.2, -0.15) is 0 Å². The molecule has 3 heterocycles. The van der Waals surface area contributed by atoms with Crippen molar-refractivity contribution in [3.05, 3.63) is 107 Å². The maximum absolute atomic E-state index is 13.7. The molecule has 0 aliphatic heterocycles. The second-order valence-corrected chi connectivity index (χ2v) is 10.4. The molecule has 0 atom stereocenters. The van der Waals surface area contributed by atoms with Crippen LogP contribution in [0.4, 0.5) is 5.69 Å². The Morgan fingerprint density at radius 3 is 2.48 bits per heavy atom. The van der Waals surface area contributed by atoms with Crippen LogP contribution in [0.3, 0.4) is 0 Å². The molecule has 3 N–H and O–H groups in total. The molecule has 0 saturated carbocycles. The van der Waals surface area contributed by atoms with E-state index < -0.39 is 0 Å². The standard InChI is InChI=1S/C34H33N5O5/c1-43-30-15-23-14-24(19-40)27(20-41)34(26(23)17-31(30)44-2)22-8-10-37-32(16-22)39-29-7-4-3-6-25(29)28(18-33(39)42)36-9-5-12-38-13-11-35-21-38/h3-4,6-8,10-11,13-18,21,36,40-41H,5,9,12,19-20H2,1-2H3. The third-order valence-electron chi connectivity index (χ3n) is 7.83. The van der Waals surface area contributed by atoms with E-state index in [9.17, 15) is 15.0 Å². The summed E-state index contributed by atoms with van der Waals surface area (Å²) in [5, 5.41) is 26.6. The molecule has 3 aromatic heterocycles. The molecule has 6 aromatic rings. The van der Waals surface area contributed by atoms with Crippen LogP contribution in [0, 0.1) is 0 Å². The molecule has 10 nitrogen and oxygen atoms in total. The van der Waals surface area contributed by atoms with E-state index in [1.165, 1.54) is 0 Å². The van der Waals surface area contributed by atoms with Crippen LogP contribution >= 0.6 is 0 Å². The number of pyridine rings is 2. The lowest BCUT2D eigenvalue weighted by atomic mass is 9.90. The first-order valence-corrected chi connectivity index (χ1v) is 14.3. The smallest absolute Gasteiger partial charge is 0.258 e. The largest absolute Gasteiger partial charge is 0.493 e. The van der Waals surface area contributed by atoms with Crippen LogP contribution in [0.5, 0.6) is 11.5 Å². The number of anilines is 1. The zero-order valence-electron chi connectivity index (χ0n) is 24.5. The van der Waals surface area contributed by atoms with Crippen molar-refractivity contribution >= 4 is 27.4 Å². The highest BCUT2D eigenvalue weighted by molar-refractivity contribution is 6.01. The minimum absolute atomic E-state index is 0.229. The van der Waals surface area contributed by atoms with Crippen molar-refractivity contribution in [1.29, 1.82) is 0 Å². The molecule has 0 unspecified atom stereocenters. The second kappa shape index (κ2) is 12.6. The van der Waals surface area contributed by atoms with Crippen LogP contribution in [0.2, 0.25) is 0 Å². The van der Waals surface area contributed by atoms with E-state index in [0.29, 0.717) is 46.1 Å². The lowest BCUT2D eigenvalue weighted by molar-refractivity contribution is 0.260. The zero-order chi connectivity index (χ0) is 30.6. The molecule has 0 fully saturated rings. The van der Waals surface area contributed by atoms with E-state index in [4.69, 9.17) is 9.47 Å². The normalized spacial score (nSPS) is 11.3. The topological polar surface area (TPSA) is 124 Å². The van der Waals surface area contributed by atoms with E-state index >= 15 is 0 Å². The van der Waals surface area contributed by atoms with Crippen molar-refractivity contribution in [3.8, 4) is 28.4 Å². The summed E-state index contributed by atoms with van der Waals surface area (Å²) in [5.74, 6) is 1.52. The van der Waals surface area contributed by atoms with Gasteiger partial charge in [0.05, 0.1) is 39.3 Å². The van der Waals surface area contributed by atoms with E-state index in [-0.39, 0.29) is 18.8 Å². The highest BCUT2D eigenvalue weighted by Gasteiger charge is 2.19. The number of imidazole rings is 1. The number of fused-ring (bicyclic) bond motifs is 2. The highest BCUT2D eigenvalue weighted by Crippen LogP contribution is 2.41. The van der Waals surface area contributed by atoms with Crippen LogP contribution in [0.15, 0.2) is 90.4 Å². The van der Waals surface area contributed by atoms with Crippen molar-refractivity contribution in [2.24, 2.45) is 0 Å². The van der Waals surface area contributed by atoms with Crippen LogP contribution in [0.1, 0.15) is 17.5 Å². The Labute approximate surface area is 253 Å². The molecule has 224 valence electrons. The Morgan fingerprint density at radius 2 is 1.73 bits per heavy atom. The third kappa shape index (κ3) is 5.36. The van der Waals surface area contributed by atoms with Gasteiger partial charge in [-0.1, -0.05) is 18.2 Å². The number of benzene rings is 3. The number of nitrogens with one attached hydrogen (secondary N) is 1. The first-order valence-electron chi connectivity index (χ1n) is 14.3. The first kappa shape index (κ1) is 28.9. The van der Waals surface area contributed by atoms with E-state index in [2.05, 4.69) is 15.3 Å². The fourth-order valence-electron chi connectivity index (χ4n) is 5.74. The van der Waals surface area contributed by atoms with Gasteiger partial charge in [0.15, 0.2) is 11.5 Å². The van der Waals surface area contributed by atoms with E-state index in [1.54, 1.807) is 43.6 Å². The van der Waals surface area contributed by atoms with Gasteiger partial charge in [-0.3, -0.25) is 9.36 Å². The summed E-state index contributed by atoms with van der Waals surface area (Å²) in [4.78, 5) is 22.4. The molecule has 0 aliphatic rings. The molecular formula is C34H33N5O5. The highest BCUT2D eigenvalue weighted by atomic mass is 16.5. The fourth-order valence-corrected chi connectivity index (χ4v) is 5.74. The Hall–Kier alpha value is -5.19. The molecule has 0 radical (unpaired) electrons. The van der Waals surface area contributed by atoms with Crippen molar-refractivity contribution in [3.63, 3.8) is 0 Å². The van der Waals surface area contributed by atoms with Gasteiger partial charge in [0.2, 0.25) is 0 Å². The van der Waals surface area contributed by atoms with Crippen molar-refractivity contribution in [2.45, 2.75) is 26.2 Å².